The summed E-state index contributed by atoms with van der Waals surface area (Å²) in [6, 6.07) is 10.1. The van der Waals surface area contributed by atoms with Crippen molar-refractivity contribution >= 4 is 11.3 Å². The average Bonchev–Trinajstić information content (AvgIpc) is 3.36. The van der Waals surface area contributed by atoms with Crippen LogP contribution in [0.15, 0.2) is 41.9 Å². The third kappa shape index (κ3) is 4.45. The molecule has 3 heterocycles. The Morgan fingerprint density at radius 3 is 2.54 bits per heavy atom. The Morgan fingerprint density at radius 2 is 1.89 bits per heavy atom. The van der Waals surface area contributed by atoms with Gasteiger partial charge < -0.3 is 23.7 Å². The summed E-state index contributed by atoms with van der Waals surface area (Å²) in [4.78, 5) is 4.50. The summed E-state index contributed by atoms with van der Waals surface area (Å²) < 4.78 is 30.7. The molecule has 0 amide bonds. The van der Waals surface area contributed by atoms with Gasteiger partial charge in [-0.1, -0.05) is 30.3 Å². The molecular formula is C21H27NO5S. The second kappa shape index (κ2) is 7.82. The van der Waals surface area contributed by atoms with Gasteiger partial charge >= 0.3 is 0 Å². The predicted molar refractivity (Wildman–Crippen MR) is 105 cm³/mol. The number of ether oxygens (including phenoxy) is 5. The fraction of sp³-hybridized carbons (Fsp3) is 0.571. The first-order chi connectivity index (χ1) is 13.3. The van der Waals surface area contributed by atoms with E-state index >= 15 is 0 Å². The zero-order valence-electron chi connectivity index (χ0n) is 16.7. The van der Waals surface area contributed by atoms with Crippen molar-refractivity contribution in [1.29, 1.82) is 0 Å². The largest absolute Gasteiger partial charge is 0.363 e. The first kappa shape index (κ1) is 19.9. The molecule has 4 rings (SSSR count). The van der Waals surface area contributed by atoms with Crippen molar-refractivity contribution in [1.82, 2.24) is 4.98 Å². The molecule has 7 heteroatoms. The minimum absolute atomic E-state index is 0.232. The highest BCUT2D eigenvalue weighted by molar-refractivity contribution is 7.09. The van der Waals surface area contributed by atoms with Crippen LogP contribution in [-0.4, -0.2) is 41.5 Å². The first-order valence-corrected chi connectivity index (χ1v) is 10.4. The lowest BCUT2D eigenvalue weighted by Crippen LogP contribution is -2.41. The van der Waals surface area contributed by atoms with E-state index in [4.69, 9.17) is 23.7 Å². The number of aromatic nitrogens is 1. The zero-order valence-corrected chi connectivity index (χ0v) is 17.5. The molecule has 2 saturated heterocycles. The van der Waals surface area contributed by atoms with E-state index in [0.717, 1.165) is 10.6 Å². The van der Waals surface area contributed by atoms with Crippen LogP contribution in [0.25, 0.3) is 0 Å². The number of nitrogens with zero attached hydrogens (tertiary/aromatic N) is 1. The maximum Gasteiger partial charge on any atom is 0.164 e. The van der Waals surface area contributed by atoms with Crippen molar-refractivity contribution in [2.24, 2.45) is 0 Å². The molecule has 0 aliphatic carbocycles. The Hall–Kier alpha value is -1.35. The van der Waals surface area contributed by atoms with Gasteiger partial charge in [0.25, 0.3) is 0 Å². The lowest BCUT2D eigenvalue weighted by atomic mass is 10.0. The van der Waals surface area contributed by atoms with E-state index in [1.54, 1.807) is 17.5 Å². The van der Waals surface area contributed by atoms with Gasteiger partial charge in [0.2, 0.25) is 0 Å². The van der Waals surface area contributed by atoms with Gasteiger partial charge in [0.1, 0.15) is 29.4 Å². The van der Waals surface area contributed by atoms with Crippen LogP contribution in [-0.2, 0) is 30.3 Å². The number of hydrogen-bond donors (Lipinski definition) is 0. The zero-order chi connectivity index (χ0) is 19.8. The second-order valence-corrected chi connectivity index (χ2v) is 8.95. The van der Waals surface area contributed by atoms with Gasteiger partial charge in [0, 0.05) is 11.6 Å². The van der Waals surface area contributed by atoms with Crippen LogP contribution < -0.4 is 0 Å². The van der Waals surface area contributed by atoms with Crippen LogP contribution in [0, 0.1) is 0 Å². The lowest BCUT2D eigenvalue weighted by Gasteiger charge is -2.28. The van der Waals surface area contributed by atoms with Gasteiger partial charge in [0.05, 0.1) is 13.2 Å². The number of thiazole rings is 1. The summed E-state index contributed by atoms with van der Waals surface area (Å²) in [5.74, 6) is -1.37. The van der Waals surface area contributed by atoms with E-state index in [1.165, 1.54) is 0 Å². The molecule has 4 atom stereocenters. The summed E-state index contributed by atoms with van der Waals surface area (Å²) >= 11 is 1.55. The van der Waals surface area contributed by atoms with Gasteiger partial charge in [0.15, 0.2) is 11.6 Å². The number of hydrogen-bond acceptors (Lipinski definition) is 7. The highest BCUT2D eigenvalue weighted by Gasteiger charge is 2.53. The topological polar surface area (TPSA) is 59.0 Å². The Kier molecular flexibility index (Phi) is 5.57. The van der Waals surface area contributed by atoms with Gasteiger partial charge in [-0.3, -0.25) is 0 Å². The van der Waals surface area contributed by atoms with E-state index in [2.05, 4.69) is 4.98 Å². The highest BCUT2D eigenvalue weighted by Crippen LogP contribution is 2.42. The molecule has 0 saturated carbocycles. The van der Waals surface area contributed by atoms with Crippen molar-refractivity contribution in [2.75, 3.05) is 6.61 Å². The third-order valence-electron chi connectivity index (χ3n) is 4.83. The van der Waals surface area contributed by atoms with Crippen LogP contribution in [0.5, 0.6) is 0 Å². The molecule has 152 valence electrons. The van der Waals surface area contributed by atoms with Crippen LogP contribution in [0.4, 0.5) is 0 Å². The molecule has 1 aromatic carbocycles. The average molecular weight is 406 g/mol. The van der Waals surface area contributed by atoms with E-state index in [9.17, 15) is 0 Å². The molecule has 0 spiro atoms. The minimum atomic E-state index is -0.739. The maximum absolute atomic E-state index is 6.34. The molecule has 2 fully saturated rings. The summed E-state index contributed by atoms with van der Waals surface area (Å²) in [6.07, 6.45) is 0.519. The summed E-state index contributed by atoms with van der Waals surface area (Å²) in [5, 5.41) is 2.81. The Bertz CT molecular complexity index is 764. The highest BCUT2D eigenvalue weighted by atomic mass is 32.1. The smallest absolute Gasteiger partial charge is 0.164 e. The van der Waals surface area contributed by atoms with E-state index in [-0.39, 0.29) is 24.4 Å². The molecule has 0 unspecified atom stereocenters. The Balaban J connectivity index is 1.58. The SMILES string of the molecule is CC1(C)O[C@H]([C@@H]2COC(C)(C)O2)[C@@H]([C@H](OCc2ccccc2)c2nccs2)O1. The van der Waals surface area contributed by atoms with Crippen molar-refractivity contribution in [3.05, 3.63) is 52.5 Å². The normalized spacial score (nSPS) is 29.8. The minimum Gasteiger partial charge on any atom is -0.363 e. The van der Waals surface area contributed by atoms with Crippen LogP contribution in [0.1, 0.15) is 44.4 Å². The molecule has 2 aromatic rings. The van der Waals surface area contributed by atoms with Gasteiger partial charge in [-0.2, -0.15) is 0 Å². The molecule has 28 heavy (non-hydrogen) atoms. The summed E-state index contributed by atoms with van der Waals surface area (Å²) in [6.45, 7) is 8.57. The molecular weight excluding hydrogens is 378 g/mol. The Labute approximate surface area is 169 Å². The van der Waals surface area contributed by atoms with Crippen molar-refractivity contribution < 1.29 is 23.7 Å². The second-order valence-electron chi connectivity index (χ2n) is 8.02. The molecule has 0 radical (unpaired) electrons. The predicted octanol–water partition coefficient (Wildman–Crippen LogP) is 4.07. The fourth-order valence-corrected chi connectivity index (χ4v) is 4.38. The molecule has 2 aliphatic heterocycles. The standard InChI is InChI=1S/C21H27NO5S/c1-20(2)24-13-15(25-20)16-17(27-21(3,4)26-16)18(19-22-10-11-28-19)23-12-14-8-6-5-7-9-14/h5-11,15-18H,12-13H2,1-4H3/t15-,16+,17-,18-/m0/s1. The van der Waals surface area contributed by atoms with E-state index in [1.807, 2.05) is 63.4 Å². The summed E-state index contributed by atoms with van der Waals surface area (Å²) in [5.41, 5.74) is 1.10. The van der Waals surface area contributed by atoms with Crippen molar-refractivity contribution in [2.45, 2.75) is 70.3 Å². The fourth-order valence-electron chi connectivity index (χ4n) is 3.66. The van der Waals surface area contributed by atoms with Crippen LogP contribution >= 0.6 is 11.3 Å². The quantitative estimate of drug-likeness (QED) is 0.722. The van der Waals surface area contributed by atoms with E-state index in [0.29, 0.717) is 13.2 Å². The van der Waals surface area contributed by atoms with Crippen molar-refractivity contribution in [3.63, 3.8) is 0 Å². The lowest BCUT2D eigenvalue weighted by molar-refractivity contribution is -0.175. The Morgan fingerprint density at radius 1 is 1.11 bits per heavy atom. The maximum atomic E-state index is 6.34. The number of benzene rings is 1. The van der Waals surface area contributed by atoms with Crippen LogP contribution in [0.3, 0.4) is 0 Å². The molecule has 0 N–H and O–H groups in total. The molecule has 6 nitrogen and oxygen atoms in total. The molecule has 0 bridgehead atoms. The van der Waals surface area contributed by atoms with Gasteiger partial charge in [-0.15, -0.1) is 11.3 Å². The summed E-state index contributed by atoms with van der Waals surface area (Å²) in [7, 11) is 0. The van der Waals surface area contributed by atoms with Gasteiger partial charge in [-0.05, 0) is 33.3 Å². The van der Waals surface area contributed by atoms with Gasteiger partial charge in [-0.25, -0.2) is 4.98 Å². The van der Waals surface area contributed by atoms with E-state index < -0.39 is 11.6 Å². The molecule has 1 aromatic heterocycles. The molecule has 2 aliphatic rings. The van der Waals surface area contributed by atoms with Crippen molar-refractivity contribution in [3.8, 4) is 0 Å². The third-order valence-corrected chi connectivity index (χ3v) is 5.66. The first-order valence-electron chi connectivity index (χ1n) is 9.55. The monoisotopic (exact) mass is 405 g/mol. The van der Waals surface area contributed by atoms with Crippen LogP contribution in [0.2, 0.25) is 0 Å². The number of rotatable bonds is 6.